The molecule has 1 aliphatic heterocycles. The normalized spacial score (nSPS) is 24.5. The highest BCUT2D eigenvalue weighted by atomic mass is 16.5. The van der Waals surface area contributed by atoms with Crippen LogP contribution in [0, 0.1) is 0 Å². The van der Waals surface area contributed by atoms with E-state index >= 15 is 0 Å². The molecule has 118 valence electrons. The molecule has 2 unspecified atom stereocenters. The van der Waals surface area contributed by atoms with E-state index in [9.17, 15) is 5.11 Å². The summed E-state index contributed by atoms with van der Waals surface area (Å²) in [6.45, 7) is 7.66. The maximum absolute atomic E-state index is 10.7. The van der Waals surface area contributed by atoms with Crippen LogP contribution in [0.3, 0.4) is 0 Å². The van der Waals surface area contributed by atoms with E-state index < -0.39 is 5.60 Å². The van der Waals surface area contributed by atoms with Gasteiger partial charge in [-0.3, -0.25) is 0 Å². The molecule has 1 fully saturated rings. The van der Waals surface area contributed by atoms with Crippen LogP contribution in [0.2, 0.25) is 0 Å². The number of ether oxygens (including phenoxy) is 1. The largest absolute Gasteiger partial charge is 0.384 e. The van der Waals surface area contributed by atoms with Gasteiger partial charge in [-0.1, -0.05) is 44.2 Å². The van der Waals surface area contributed by atoms with E-state index in [0.717, 1.165) is 37.9 Å². The highest BCUT2D eigenvalue weighted by molar-refractivity contribution is 5.21. The van der Waals surface area contributed by atoms with E-state index in [1.54, 1.807) is 0 Å². The third-order valence-corrected chi connectivity index (χ3v) is 4.91. The fourth-order valence-corrected chi connectivity index (χ4v) is 3.19. The lowest BCUT2D eigenvalue weighted by molar-refractivity contribution is -0.0950. The van der Waals surface area contributed by atoms with Crippen molar-refractivity contribution < 1.29 is 9.84 Å². The van der Waals surface area contributed by atoms with E-state index in [1.807, 2.05) is 37.3 Å². The standard InChI is InChI=1S/C18H29NO2/c1-4-18(5-2)13-16(11-12-21-18)19-14-17(3,20)15-9-7-6-8-10-15/h6-10,16,19-20H,4-5,11-14H2,1-3H3. The Morgan fingerprint density at radius 3 is 2.57 bits per heavy atom. The molecular formula is C18H29NO2. The highest BCUT2D eigenvalue weighted by Gasteiger charge is 2.35. The van der Waals surface area contributed by atoms with Crippen LogP contribution >= 0.6 is 0 Å². The summed E-state index contributed by atoms with van der Waals surface area (Å²) in [5.41, 5.74) is 0.150. The first kappa shape index (κ1) is 16.5. The highest BCUT2D eigenvalue weighted by Crippen LogP contribution is 2.31. The third kappa shape index (κ3) is 4.06. The summed E-state index contributed by atoms with van der Waals surface area (Å²) in [7, 11) is 0. The van der Waals surface area contributed by atoms with Gasteiger partial charge in [-0.05, 0) is 38.2 Å². The molecule has 1 saturated heterocycles. The first-order chi connectivity index (χ1) is 10.0. The molecule has 0 bridgehead atoms. The maximum Gasteiger partial charge on any atom is 0.0992 e. The van der Waals surface area contributed by atoms with Crippen LogP contribution in [-0.4, -0.2) is 29.9 Å². The molecule has 1 heterocycles. The lowest BCUT2D eigenvalue weighted by Gasteiger charge is -2.41. The fraction of sp³-hybridized carbons (Fsp3) is 0.667. The molecule has 1 aromatic rings. The van der Waals surface area contributed by atoms with Crippen molar-refractivity contribution in [2.24, 2.45) is 0 Å². The Morgan fingerprint density at radius 1 is 1.29 bits per heavy atom. The minimum absolute atomic E-state index is 0.0223. The van der Waals surface area contributed by atoms with Gasteiger partial charge in [0.2, 0.25) is 0 Å². The number of nitrogens with one attached hydrogen (secondary N) is 1. The Balaban J connectivity index is 1.93. The van der Waals surface area contributed by atoms with E-state index in [4.69, 9.17) is 4.74 Å². The van der Waals surface area contributed by atoms with E-state index in [0.29, 0.717) is 12.6 Å². The second kappa shape index (κ2) is 6.91. The monoisotopic (exact) mass is 291 g/mol. The van der Waals surface area contributed by atoms with Crippen molar-refractivity contribution in [3.63, 3.8) is 0 Å². The minimum atomic E-state index is -0.833. The molecule has 0 aromatic heterocycles. The lowest BCUT2D eigenvalue weighted by atomic mass is 9.85. The average Bonchev–Trinajstić information content (AvgIpc) is 2.54. The molecular weight excluding hydrogens is 262 g/mol. The van der Waals surface area contributed by atoms with Crippen molar-refractivity contribution in [3.8, 4) is 0 Å². The van der Waals surface area contributed by atoms with Gasteiger partial charge in [-0.2, -0.15) is 0 Å². The topological polar surface area (TPSA) is 41.5 Å². The molecule has 0 radical (unpaired) electrons. The quantitative estimate of drug-likeness (QED) is 0.845. The zero-order valence-corrected chi connectivity index (χ0v) is 13.6. The first-order valence-corrected chi connectivity index (χ1v) is 8.16. The van der Waals surface area contributed by atoms with Gasteiger partial charge in [0, 0.05) is 19.2 Å². The zero-order valence-electron chi connectivity index (χ0n) is 13.6. The Kier molecular flexibility index (Phi) is 5.42. The molecule has 0 saturated carbocycles. The molecule has 1 aromatic carbocycles. The van der Waals surface area contributed by atoms with Gasteiger partial charge >= 0.3 is 0 Å². The Hall–Kier alpha value is -0.900. The Bertz CT molecular complexity index is 426. The molecule has 0 spiro atoms. The summed E-state index contributed by atoms with van der Waals surface area (Å²) in [6, 6.07) is 10.3. The number of rotatable bonds is 6. The van der Waals surface area contributed by atoms with Gasteiger partial charge in [0.05, 0.1) is 11.2 Å². The van der Waals surface area contributed by atoms with Crippen molar-refractivity contribution in [2.75, 3.05) is 13.2 Å². The summed E-state index contributed by atoms with van der Waals surface area (Å²) in [5.74, 6) is 0. The Labute approximate surface area is 128 Å². The van der Waals surface area contributed by atoms with Crippen LogP contribution in [-0.2, 0) is 10.3 Å². The van der Waals surface area contributed by atoms with Gasteiger partial charge in [-0.15, -0.1) is 0 Å². The van der Waals surface area contributed by atoms with Crippen molar-refractivity contribution in [3.05, 3.63) is 35.9 Å². The zero-order chi connectivity index (χ0) is 15.3. The van der Waals surface area contributed by atoms with Crippen LogP contribution in [0.25, 0.3) is 0 Å². The molecule has 0 amide bonds. The van der Waals surface area contributed by atoms with Gasteiger partial charge in [-0.25, -0.2) is 0 Å². The van der Waals surface area contributed by atoms with E-state index in [2.05, 4.69) is 19.2 Å². The summed E-state index contributed by atoms with van der Waals surface area (Å²) < 4.78 is 6.01. The van der Waals surface area contributed by atoms with Crippen molar-refractivity contribution in [1.82, 2.24) is 5.32 Å². The predicted octanol–water partition coefficient (Wildman–Crippen LogP) is 3.22. The number of benzene rings is 1. The lowest BCUT2D eigenvalue weighted by Crippen LogP contribution is -2.49. The Morgan fingerprint density at radius 2 is 1.95 bits per heavy atom. The second-order valence-electron chi connectivity index (χ2n) is 6.45. The smallest absolute Gasteiger partial charge is 0.0992 e. The second-order valence-corrected chi connectivity index (χ2v) is 6.45. The summed E-state index contributed by atoms with van der Waals surface area (Å²) >= 11 is 0. The fourth-order valence-electron chi connectivity index (χ4n) is 3.19. The van der Waals surface area contributed by atoms with Crippen LogP contribution in [0.1, 0.15) is 52.0 Å². The number of hydrogen-bond acceptors (Lipinski definition) is 3. The van der Waals surface area contributed by atoms with Crippen LogP contribution in [0.15, 0.2) is 30.3 Å². The van der Waals surface area contributed by atoms with Crippen LogP contribution < -0.4 is 5.32 Å². The molecule has 2 atom stereocenters. The predicted molar refractivity (Wildman–Crippen MR) is 86.3 cm³/mol. The molecule has 3 heteroatoms. The maximum atomic E-state index is 10.7. The number of hydrogen-bond donors (Lipinski definition) is 2. The van der Waals surface area contributed by atoms with Gasteiger partial charge < -0.3 is 15.2 Å². The summed E-state index contributed by atoms with van der Waals surface area (Å²) in [4.78, 5) is 0. The SMILES string of the molecule is CCC1(CC)CC(NCC(C)(O)c2ccccc2)CCO1. The van der Waals surface area contributed by atoms with Gasteiger partial charge in [0.25, 0.3) is 0 Å². The van der Waals surface area contributed by atoms with Crippen molar-refractivity contribution in [1.29, 1.82) is 0 Å². The molecule has 1 aliphatic rings. The number of aliphatic hydroxyl groups is 1. The third-order valence-electron chi connectivity index (χ3n) is 4.91. The summed E-state index contributed by atoms with van der Waals surface area (Å²) in [6.07, 6.45) is 4.16. The summed E-state index contributed by atoms with van der Waals surface area (Å²) in [5, 5.41) is 14.2. The first-order valence-electron chi connectivity index (χ1n) is 8.16. The average molecular weight is 291 g/mol. The molecule has 21 heavy (non-hydrogen) atoms. The molecule has 3 nitrogen and oxygen atoms in total. The molecule has 0 aliphatic carbocycles. The minimum Gasteiger partial charge on any atom is -0.384 e. The molecule has 2 N–H and O–H groups in total. The van der Waals surface area contributed by atoms with Gasteiger partial charge in [0.1, 0.15) is 0 Å². The van der Waals surface area contributed by atoms with Gasteiger partial charge in [0.15, 0.2) is 0 Å². The molecule has 2 rings (SSSR count). The van der Waals surface area contributed by atoms with E-state index in [-0.39, 0.29) is 5.60 Å². The van der Waals surface area contributed by atoms with Crippen molar-refractivity contribution >= 4 is 0 Å². The van der Waals surface area contributed by atoms with Crippen LogP contribution in [0.4, 0.5) is 0 Å². The van der Waals surface area contributed by atoms with E-state index in [1.165, 1.54) is 0 Å². The van der Waals surface area contributed by atoms with Crippen molar-refractivity contribution in [2.45, 2.75) is 63.7 Å². The van der Waals surface area contributed by atoms with Crippen LogP contribution in [0.5, 0.6) is 0 Å².